The number of nitrogens with zero attached hydrogens (tertiary/aromatic N) is 2. The Morgan fingerprint density at radius 3 is 2.52 bits per heavy atom. The lowest BCUT2D eigenvalue weighted by Gasteiger charge is -2.14. The third kappa shape index (κ3) is 3.16. The molecular formula is C25H20N2O3S. The standard InChI is InChI=1S/C25H20N2O3S/c1-16-8-3-4-9-17(16)15-26-22-20-12-5-6-13-21(20)31-23(22)24(28)27(25(26)29)18-10-7-11-19(14-18)30-2/h3-14H,15H2,1-2H3. The largest absolute Gasteiger partial charge is 0.497 e. The van der Waals surface area contributed by atoms with Crippen LogP contribution in [-0.4, -0.2) is 16.2 Å². The molecule has 2 heterocycles. The van der Waals surface area contributed by atoms with Gasteiger partial charge in [-0.15, -0.1) is 11.3 Å². The fraction of sp³-hybridized carbons (Fsp3) is 0.120. The molecule has 0 radical (unpaired) electrons. The van der Waals surface area contributed by atoms with Gasteiger partial charge in [-0.05, 0) is 36.2 Å². The van der Waals surface area contributed by atoms with Crippen LogP contribution < -0.4 is 16.0 Å². The Bertz CT molecular complexity index is 1560. The van der Waals surface area contributed by atoms with Crippen molar-refractivity contribution in [1.82, 2.24) is 9.13 Å². The minimum absolute atomic E-state index is 0.310. The van der Waals surface area contributed by atoms with E-state index in [1.807, 2.05) is 55.5 Å². The number of aryl methyl sites for hydroxylation is 1. The van der Waals surface area contributed by atoms with Crippen LogP contribution in [0.25, 0.3) is 26.0 Å². The van der Waals surface area contributed by atoms with Crippen molar-refractivity contribution in [3.8, 4) is 11.4 Å². The van der Waals surface area contributed by atoms with E-state index in [0.29, 0.717) is 28.2 Å². The lowest BCUT2D eigenvalue weighted by molar-refractivity contribution is 0.414. The van der Waals surface area contributed by atoms with Gasteiger partial charge in [0.25, 0.3) is 5.56 Å². The van der Waals surface area contributed by atoms with Crippen LogP contribution in [0.3, 0.4) is 0 Å². The van der Waals surface area contributed by atoms with E-state index in [-0.39, 0.29) is 11.2 Å². The Morgan fingerprint density at radius 2 is 1.71 bits per heavy atom. The average Bonchev–Trinajstić information content (AvgIpc) is 3.18. The van der Waals surface area contributed by atoms with Crippen molar-refractivity contribution in [2.45, 2.75) is 13.5 Å². The highest BCUT2D eigenvalue weighted by molar-refractivity contribution is 7.25. The van der Waals surface area contributed by atoms with E-state index in [2.05, 4.69) is 0 Å². The topological polar surface area (TPSA) is 53.2 Å². The zero-order chi connectivity index (χ0) is 21.5. The second-order valence-corrected chi connectivity index (χ2v) is 8.47. The lowest BCUT2D eigenvalue weighted by Crippen LogP contribution is -2.38. The summed E-state index contributed by atoms with van der Waals surface area (Å²) >= 11 is 1.42. The summed E-state index contributed by atoms with van der Waals surface area (Å²) < 4.78 is 9.83. The predicted molar refractivity (Wildman–Crippen MR) is 126 cm³/mol. The Balaban J connectivity index is 1.90. The third-order valence-corrected chi connectivity index (χ3v) is 6.71. The van der Waals surface area contributed by atoms with E-state index in [4.69, 9.17) is 4.74 Å². The van der Waals surface area contributed by atoms with Gasteiger partial charge in [-0.1, -0.05) is 48.5 Å². The van der Waals surface area contributed by atoms with E-state index in [9.17, 15) is 9.59 Å². The molecule has 0 fully saturated rings. The molecule has 5 rings (SSSR count). The van der Waals surface area contributed by atoms with Crippen molar-refractivity contribution in [3.05, 3.63) is 105 Å². The summed E-state index contributed by atoms with van der Waals surface area (Å²) in [6.45, 7) is 2.41. The molecular weight excluding hydrogens is 408 g/mol. The molecule has 0 aliphatic carbocycles. The van der Waals surface area contributed by atoms with Gasteiger partial charge < -0.3 is 4.74 Å². The van der Waals surface area contributed by atoms with Crippen LogP contribution in [0.15, 0.2) is 82.4 Å². The monoisotopic (exact) mass is 428 g/mol. The van der Waals surface area contributed by atoms with Crippen molar-refractivity contribution < 1.29 is 4.74 Å². The number of hydrogen-bond acceptors (Lipinski definition) is 4. The summed E-state index contributed by atoms with van der Waals surface area (Å²) in [4.78, 5) is 27.3. The van der Waals surface area contributed by atoms with Gasteiger partial charge in [0.1, 0.15) is 10.4 Å². The van der Waals surface area contributed by atoms with Gasteiger partial charge >= 0.3 is 5.69 Å². The number of ether oxygens (including phenoxy) is 1. The molecule has 0 aliphatic rings. The number of aromatic nitrogens is 2. The van der Waals surface area contributed by atoms with E-state index < -0.39 is 0 Å². The number of fused-ring (bicyclic) bond motifs is 3. The number of thiophene rings is 1. The maximum Gasteiger partial charge on any atom is 0.336 e. The van der Waals surface area contributed by atoms with Crippen LogP contribution in [0.5, 0.6) is 5.75 Å². The first kappa shape index (κ1) is 19.3. The Kier molecular flexibility index (Phi) is 4.71. The maximum atomic E-state index is 13.8. The summed E-state index contributed by atoms with van der Waals surface area (Å²) in [5.41, 5.74) is 2.65. The van der Waals surface area contributed by atoms with Crippen molar-refractivity contribution in [2.75, 3.05) is 7.11 Å². The van der Waals surface area contributed by atoms with Gasteiger partial charge in [0.05, 0.1) is 24.9 Å². The lowest BCUT2D eigenvalue weighted by atomic mass is 10.1. The zero-order valence-electron chi connectivity index (χ0n) is 17.2. The molecule has 0 spiro atoms. The van der Waals surface area contributed by atoms with E-state index >= 15 is 0 Å². The van der Waals surface area contributed by atoms with Crippen LogP contribution in [0, 0.1) is 6.92 Å². The minimum atomic E-state index is -0.363. The van der Waals surface area contributed by atoms with Gasteiger partial charge in [0, 0.05) is 16.2 Å². The number of hydrogen-bond donors (Lipinski definition) is 0. The molecule has 6 heteroatoms. The summed E-state index contributed by atoms with van der Waals surface area (Å²) in [6.07, 6.45) is 0. The van der Waals surface area contributed by atoms with Crippen LogP contribution >= 0.6 is 11.3 Å². The fourth-order valence-corrected chi connectivity index (χ4v) is 5.07. The summed E-state index contributed by atoms with van der Waals surface area (Å²) in [7, 11) is 1.56. The predicted octanol–water partition coefficient (Wildman–Crippen LogP) is 4.73. The molecule has 0 saturated carbocycles. The normalized spacial score (nSPS) is 11.3. The molecule has 0 aliphatic heterocycles. The van der Waals surface area contributed by atoms with Gasteiger partial charge in [-0.2, -0.15) is 0 Å². The summed E-state index contributed by atoms with van der Waals surface area (Å²) in [5.74, 6) is 0.589. The molecule has 0 unspecified atom stereocenters. The first-order chi connectivity index (χ1) is 15.1. The zero-order valence-corrected chi connectivity index (χ0v) is 18.0. The molecule has 5 nitrogen and oxygen atoms in total. The quantitative estimate of drug-likeness (QED) is 0.416. The first-order valence-electron chi connectivity index (χ1n) is 9.94. The SMILES string of the molecule is COc1cccc(-n2c(=O)c3sc4ccccc4c3n(Cc3ccccc3C)c2=O)c1. The molecule has 0 saturated heterocycles. The van der Waals surface area contributed by atoms with Crippen molar-refractivity contribution in [3.63, 3.8) is 0 Å². The molecule has 0 N–H and O–H groups in total. The average molecular weight is 429 g/mol. The van der Waals surface area contributed by atoms with E-state index in [0.717, 1.165) is 21.2 Å². The number of methoxy groups -OCH3 is 1. The fourth-order valence-electron chi connectivity index (χ4n) is 3.93. The van der Waals surface area contributed by atoms with E-state index in [1.54, 1.807) is 35.9 Å². The molecule has 5 aromatic rings. The Labute approximate surface area is 182 Å². The van der Waals surface area contributed by atoms with Crippen molar-refractivity contribution in [1.29, 1.82) is 0 Å². The van der Waals surface area contributed by atoms with Crippen LogP contribution in [0.4, 0.5) is 0 Å². The highest BCUT2D eigenvalue weighted by Gasteiger charge is 2.20. The highest BCUT2D eigenvalue weighted by atomic mass is 32.1. The van der Waals surface area contributed by atoms with Gasteiger partial charge in [0.15, 0.2) is 0 Å². The van der Waals surface area contributed by atoms with Gasteiger partial charge in [-0.3, -0.25) is 9.36 Å². The van der Waals surface area contributed by atoms with E-state index in [1.165, 1.54) is 15.9 Å². The Morgan fingerprint density at radius 1 is 0.935 bits per heavy atom. The molecule has 0 bridgehead atoms. The molecule has 31 heavy (non-hydrogen) atoms. The third-order valence-electron chi connectivity index (χ3n) is 5.56. The number of rotatable bonds is 4. The summed E-state index contributed by atoms with van der Waals surface area (Å²) in [6, 6.07) is 22.9. The van der Waals surface area contributed by atoms with Gasteiger partial charge in [0.2, 0.25) is 0 Å². The smallest absolute Gasteiger partial charge is 0.336 e. The molecule has 0 atom stereocenters. The highest BCUT2D eigenvalue weighted by Crippen LogP contribution is 2.31. The molecule has 2 aromatic heterocycles. The van der Waals surface area contributed by atoms with Crippen molar-refractivity contribution >= 4 is 31.6 Å². The molecule has 0 amide bonds. The minimum Gasteiger partial charge on any atom is -0.497 e. The molecule has 154 valence electrons. The molecule has 3 aromatic carbocycles. The maximum absolute atomic E-state index is 13.8. The number of benzene rings is 3. The van der Waals surface area contributed by atoms with Crippen LogP contribution in [0.1, 0.15) is 11.1 Å². The van der Waals surface area contributed by atoms with Crippen LogP contribution in [0.2, 0.25) is 0 Å². The first-order valence-corrected chi connectivity index (χ1v) is 10.8. The second-order valence-electron chi connectivity index (χ2n) is 7.41. The Hall–Kier alpha value is -3.64. The summed E-state index contributed by atoms with van der Waals surface area (Å²) in [5, 5.41) is 0.920. The van der Waals surface area contributed by atoms with Crippen molar-refractivity contribution in [2.24, 2.45) is 0 Å². The van der Waals surface area contributed by atoms with Crippen LogP contribution in [-0.2, 0) is 6.54 Å². The second kappa shape index (κ2) is 7.56. The van der Waals surface area contributed by atoms with Gasteiger partial charge in [-0.25, -0.2) is 9.36 Å².